The van der Waals surface area contributed by atoms with Crippen LogP contribution in [0, 0.1) is 6.92 Å². The van der Waals surface area contributed by atoms with Gasteiger partial charge in [-0.3, -0.25) is 9.89 Å². The van der Waals surface area contributed by atoms with Crippen molar-refractivity contribution < 1.29 is 31.1 Å². The minimum atomic E-state index is -4.85. The zero-order valence-electron chi connectivity index (χ0n) is 16.1. The maximum Gasteiger partial charge on any atom is 0.437 e. The molecule has 0 aliphatic rings. The van der Waals surface area contributed by atoms with Crippen molar-refractivity contribution in [1.29, 1.82) is 0 Å². The van der Waals surface area contributed by atoms with Crippen LogP contribution in [0.25, 0.3) is 5.65 Å². The number of carbonyl (C=O) groups excluding carboxylic acids is 1. The molecule has 0 aromatic carbocycles. The molecule has 0 saturated heterocycles. The average molecular weight is 434 g/mol. The van der Waals surface area contributed by atoms with E-state index in [-0.39, 0.29) is 17.0 Å². The van der Waals surface area contributed by atoms with Gasteiger partial charge in [-0.05, 0) is 13.0 Å². The van der Waals surface area contributed by atoms with Gasteiger partial charge in [0, 0.05) is 11.5 Å². The van der Waals surface area contributed by atoms with E-state index < -0.39 is 46.4 Å². The normalized spacial score (nSPS) is 13.1. The van der Waals surface area contributed by atoms with Gasteiger partial charge in [-0.25, -0.2) is 9.50 Å². The van der Waals surface area contributed by atoms with E-state index in [0.29, 0.717) is 4.52 Å². The summed E-state index contributed by atoms with van der Waals surface area (Å²) < 4.78 is 80.1. The zero-order valence-corrected chi connectivity index (χ0v) is 16.1. The van der Waals surface area contributed by atoms with Gasteiger partial charge >= 0.3 is 12.4 Å². The second-order valence-electron chi connectivity index (χ2n) is 7.60. The quantitative estimate of drug-likeness (QED) is 0.587. The summed E-state index contributed by atoms with van der Waals surface area (Å²) in [6.45, 7) is 6.24. The number of nitrogens with zero attached hydrogens (tertiary/aromatic N) is 4. The first-order valence-electron chi connectivity index (χ1n) is 8.51. The number of fused-ring (bicyclic) bond motifs is 1. The molecular formula is C17H16F6N6O. The Morgan fingerprint density at radius 1 is 1.07 bits per heavy atom. The van der Waals surface area contributed by atoms with E-state index in [1.54, 1.807) is 20.8 Å². The number of rotatable bonds is 2. The van der Waals surface area contributed by atoms with E-state index in [1.165, 1.54) is 6.92 Å². The molecule has 30 heavy (non-hydrogen) atoms. The van der Waals surface area contributed by atoms with Crippen LogP contribution >= 0.6 is 0 Å². The first kappa shape index (κ1) is 21.6. The molecule has 2 N–H and O–H groups in total. The van der Waals surface area contributed by atoms with Crippen molar-refractivity contribution in [3.8, 4) is 0 Å². The van der Waals surface area contributed by atoms with E-state index in [4.69, 9.17) is 0 Å². The van der Waals surface area contributed by atoms with Crippen LogP contribution in [0.3, 0.4) is 0 Å². The van der Waals surface area contributed by atoms with Crippen molar-refractivity contribution in [2.24, 2.45) is 0 Å². The van der Waals surface area contributed by atoms with E-state index in [1.807, 2.05) is 5.32 Å². The third-order valence-electron chi connectivity index (χ3n) is 4.17. The average Bonchev–Trinajstić information content (AvgIpc) is 3.15. The predicted molar refractivity (Wildman–Crippen MR) is 93.0 cm³/mol. The Morgan fingerprint density at radius 3 is 2.23 bits per heavy atom. The van der Waals surface area contributed by atoms with Crippen LogP contribution in [0.2, 0.25) is 0 Å². The lowest BCUT2D eigenvalue weighted by Gasteiger charge is -2.19. The molecule has 0 fully saturated rings. The molecule has 13 heteroatoms. The summed E-state index contributed by atoms with van der Waals surface area (Å²) >= 11 is 0. The van der Waals surface area contributed by atoms with Crippen LogP contribution in [-0.4, -0.2) is 30.7 Å². The molecule has 0 aliphatic carbocycles. The SMILES string of the molecule is Cc1[nH]nc(C(F)(F)F)c1NC(=O)c1cc2nc(C(C)(C)C)cc(C(F)(F)F)n2n1. The molecule has 0 atom stereocenters. The minimum Gasteiger partial charge on any atom is -0.317 e. The molecule has 162 valence electrons. The van der Waals surface area contributed by atoms with Crippen molar-refractivity contribution in [1.82, 2.24) is 24.8 Å². The van der Waals surface area contributed by atoms with Crippen LogP contribution in [0.5, 0.6) is 0 Å². The number of hydrogen-bond donors (Lipinski definition) is 2. The minimum absolute atomic E-state index is 0.0800. The first-order valence-corrected chi connectivity index (χ1v) is 8.51. The highest BCUT2D eigenvalue weighted by atomic mass is 19.4. The number of nitrogens with one attached hydrogen (secondary N) is 2. The van der Waals surface area contributed by atoms with Crippen LogP contribution in [0.15, 0.2) is 12.1 Å². The molecule has 3 aromatic rings. The van der Waals surface area contributed by atoms with Gasteiger partial charge in [0.1, 0.15) is 5.69 Å². The number of aryl methyl sites for hydroxylation is 1. The van der Waals surface area contributed by atoms with Crippen LogP contribution in [0.4, 0.5) is 32.0 Å². The van der Waals surface area contributed by atoms with E-state index in [2.05, 4.69) is 20.3 Å². The first-order chi connectivity index (χ1) is 13.6. The third-order valence-corrected chi connectivity index (χ3v) is 4.17. The van der Waals surface area contributed by atoms with Gasteiger partial charge in [-0.15, -0.1) is 0 Å². The van der Waals surface area contributed by atoms with E-state index in [0.717, 1.165) is 12.1 Å². The summed E-state index contributed by atoms with van der Waals surface area (Å²) in [6, 6.07) is 1.80. The van der Waals surface area contributed by atoms with Gasteiger partial charge < -0.3 is 5.32 Å². The Kier molecular flexibility index (Phi) is 4.82. The number of aromatic nitrogens is 5. The number of aromatic amines is 1. The lowest BCUT2D eigenvalue weighted by atomic mass is 9.91. The van der Waals surface area contributed by atoms with Gasteiger partial charge in [0.05, 0.1) is 17.1 Å². The van der Waals surface area contributed by atoms with Crippen LogP contribution < -0.4 is 5.32 Å². The van der Waals surface area contributed by atoms with E-state index >= 15 is 0 Å². The molecule has 0 radical (unpaired) electrons. The zero-order chi connectivity index (χ0) is 22.6. The summed E-state index contributed by atoms with van der Waals surface area (Å²) in [5, 5.41) is 10.8. The second-order valence-corrected chi connectivity index (χ2v) is 7.60. The molecule has 0 unspecified atom stereocenters. The topological polar surface area (TPSA) is 88.0 Å². The fourth-order valence-corrected chi connectivity index (χ4v) is 2.64. The number of amides is 1. The maximum absolute atomic E-state index is 13.5. The smallest absolute Gasteiger partial charge is 0.317 e. The van der Waals surface area contributed by atoms with Crippen molar-refractivity contribution >= 4 is 17.2 Å². The lowest BCUT2D eigenvalue weighted by molar-refractivity contribution is -0.143. The molecule has 3 heterocycles. The highest BCUT2D eigenvalue weighted by Gasteiger charge is 2.39. The molecule has 0 bridgehead atoms. The predicted octanol–water partition coefficient (Wildman–Crippen LogP) is 4.35. The van der Waals surface area contributed by atoms with Crippen LogP contribution in [0.1, 0.15) is 54.0 Å². The Balaban J connectivity index is 2.08. The van der Waals surface area contributed by atoms with Crippen LogP contribution in [-0.2, 0) is 17.8 Å². The van der Waals surface area contributed by atoms with Gasteiger partial charge in [0.15, 0.2) is 17.0 Å². The Hall–Kier alpha value is -3.12. The largest absolute Gasteiger partial charge is 0.437 e. The number of alkyl halides is 6. The molecule has 0 spiro atoms. The highest BCUT2D eigenvalue weighted by molar-refractivity contribution is 6.04. The van der Waals surface area contributed by atoms with Gasteiger partial charge in [-0.1, -0.05) is 20.8 Å². The monoisotopic (exact) mass is 434 g/mol. The molecule has 0 saturated carbocycles. The van der Waals surface area contributed by atoms with Crippen molar-refractivity contribution in [3.05, 3.63) is 40.6 Å². The summed E-state index contributed by atoms with van der Waals surface area (Å²) in [7, 11) is 0. The van der Waals surface area contributed by atoms with Gasteiger partial charge in [-0.2, -0.15) is 36.5 Å². The van der Waals surface area contributed by atoms with Gasteiger partial charge in [0.2, 0.25) is 0 Å². The molecule has 0 aliphatic heterocycles. The number of halogens is 6. The highest BCUT2D eigenvalue weighted by Crippen LogP contribution is 2.35. The molecule has 1 amide bonds. The number of hydrogen-bond acceptors (Lipinski definition) is 4. The standard InChI is InChI=1S/C17H16F6N6O/c1-7-12(13(27-26-7)17(21,22)23)25-14(30)8-5-11-24-9(15(2,3)4)6-10(16(18,19)20)29(11)28-8/h5-6H,1-4H3,(H,25,30)(H,26,27). The molecule has 3 rings (SSSR count). The maximum atomic E-state index is 13.5. The fraction of sp³-hybridized carbons (Fsp3) is 0.412. The fourth-order valence-electron chi connectivity index (χ4n) is 2.64. The number of H-pyrrole nitrogens is 1. The summed E-state index contributed by atoms with van der Waals surface area (Å²) in [6.07, 6.45) is -9.65. The summed E-state index contributed by atoms with van der Waals surface area (Å²) in [5.74, 6) is -1.14. The summed E-state index contributed by atoms with van der Waals surface area (Å²) in [5.41, 5.74) is -4.66. The van der Waals surface area contributed by atoms with Crippen molar-refractivity contribution in [2.75, 3.05) is 5.32 Å². The number of anilines is 1. The Morgan fingerprint density at radius 2 is 1.70 bits per heavy atom. The molecular weight excluding hydrogens is 418 g/mol. The summed E-state index contributed by atoms with van der Waals surface area (Å²) in [4.78, 5) is 16.6. The third kappa shape index (κ3) is 3.96. The van der Waals surface area contributed by atoms with E-state index in [9.17, 15) is 31.1 Å². The lowest BCUT2D eigenvalue weighted by Crippen LogP contribution is -2.20. The van der Waals surface area contributed by atoms with Crippen molar-refractivity contribution in [2.45, 2.75) is 45.5 Å². The van der Waals surface area contributed by atoms with Gasteiger partial charge in [0.25, 0.3) is 5.91 Å². The van der Waals surface area contributed by atoms with Crippen molar-refractivity contribution in [3.63, 3.8) is 0 Å². The second kappa shape index (κ2) is 6.71. The Bertz CT molecular complexity index is 1120. The molecule has 3 aromatic heterocycles. The Labute approximate surface area is 165 Å². The number of carbonyl (C=O) groups is 1. The molecule has 7 nitrogen and oxygen atoms in total.